The van der Waals surface area contributed by atoms with Crippen molar-refractivity contribution in [2.75, 3.05) is 38.5 Å². The molecule has 0 bridgehead atoms. The Kier molecular flexibility index (Phi) is 7.75. The zero-order valence-electron chi connectivity index (χ0n) is 13.7. The molecule has 0 radical (unpaired) electrons. The van der Waals surface area contributed by atoms with Crippen molar-refractivity contribution in [2.24, 2.45) is 0 Å². The molecule has 5 heteroatoms. The van der Waals surface area contributed by atoms with Gasteiger partial charge in [-0.2, -0.15) is 0 Å². The van der Waals surface area contributed by atoms with Crippen LogP contribution >= 0.6 is 0 Å². The van der Waals surface area contributed by atoms with E-state index in [2.05, 4.69) is 17.2 Å². The Hall–Kier alpha value is -1.62. The lowest BCUT2D eigenvalue weighted by Gasteiger charge is -2.23. The van der Waals surface area contributed by atoms with Crippen LogP contribution in [0.4, 0.5) is 5.69 Å². The molecule has 1 N–H and O–H groups in total. The lowest BCUT2D eigenvalue weighted by Crippen LogP contribution is -2.38. The first-order valence-corrected chi connectivity index (χ1v) is 7.75. The second-order valence-electron chi connectivity index (χ2n) is 5.20. The van der Waals surface area contributed by atoms with Crippen LogP contribution in [-0.4, -0.2) is 53.9 Å². The van der Waals surface area contributed by atoms with Crippen molar-refractivity contribution in [3.63, 3.8) is 0 Å². The normalized spacial score (nSPS) is 10.7. The molecule has 0 unspecified atom stereocenters. The summed E-state index contributed by atoms with van der Waals surface area (Å²) in [5.74, 6) is 0.169. The predicted molar refractivity (Wildman–Crippen MR) is 87.3 cm³/mol. The Morgan fingerprint density at radius 2 is 2.00 bits per heavy atom. The molecular weight excluding hydrogens is 264 g/mol. The van der Waals surface area contributed by atoms with Crippen molar-refractivity contribution < 1.29 is 4.79 Å². The van der Waals surface area contributed by atoms with E-state index in [1.54, 1.807) is 0 Å². The number of nitrogens with zero attached hydrogens (tertiary/aromatic N) is 3. The molecule has 0 aliphatic carbocycles. The fourth-order valence-corrected chi connectivity index (χ4v) is 2.18. The molecule has 118 valence electrons. The summed E-state index contributed by atoms with van der Waals surface area (Å²) in [6.07, 6.45) is 2.91. The van der Waals surface area contributed by atoms with Crippen molar-refractivity contribution in [3.8, 4) is 0 Å². The molecule has 1 aromatic heterocycles. The minimum Gasteiger partial charge on any atom is -0.385 e. The van der Waals surface area contributed by atoms with Crippen LogP contribution in [-0.2, 0) is 11.3 Å². The van der Waals surface area contributed by atoms with E-state index in [1.165, 1.54) is 0 Å². The molecule has 1 rings (SSSR count). The topological polar surface area (TPSA) is 48.5 Å². The summed E-state index contributed by atoms with van der Waals surface area (Å²) in [6.45, 7) is 9.74. The van der Waals surface area contributed by atoms with Gasteiger partial charge in [-0.1, -0.05) is 6.92 Å². The Morgan fingerprint density at radius 3 is 2.62 bits per heavy atom. The van der Waals surface area contributed by atoms with E-state index in [0.717, 1.165) is 37.4 Å². The number of amides is 1. The molecule has 0 saturated carbocycles. The molecule has 1 aromatic rings. The zero-order chi connectivity index (χ0) is 15.7. The maximum absolute atomic E-state index is 12.1. The fraction of sp³-hybridized carbons (Fsp3) is 0.625. The Labute approximate surface area is 128 Å². The van der Waals surface area contributed by atoms with Crippen molar-refractivity contribution in [1.29, 1.82) is 0 Å². The standard InChI is InChI=1S/C16H28N4O/c1-5-9-17-14-8-10-18-15(11-14)12-19(4)13-16(21)20(6-2)7-3/h8,10-11H,5-7,9,12-13H2,1-4H3,(H,17,18). The minimum atomic E-state index is 0.169. The number of carbonyl (C=O) groups excluding carboxylic acids is 1. The number of rotatable bonds is 9. The van der Waals surface area contributed by atoms with Gasteiger partial charge in [-0.05, 0) is 39.4 Å². The van der Waals surface area contributed by atoms with E-state index >= 15 is 0 Å². The van der Waals surface area contributed by atoms with Gasteiger partial charge in [-0.25, -0.2) is 0 Å². The third-order valence-corrected chi connectivity index (χ3v) is 3.35. The van der Waals surface area contributed by atoms with Gasteiger partial charge in [0, 0.05) is 38.1 Å². The maximum atomic E-state index is 12.1. The number of carbonyl (C=O) groups is 1. The van der Waals surface area contributed by atoms with E-state index in [9.17, 15) is 4.79 Å². The first kappa shape index (κ1) is 17.4. The summed E-state index contributed by atoms with van der Waals surface area (Å²) >= 11 is 0. The summed E-state index contributed by atoms with van der Waals surface area (Å²) in [5.41, 5.74) is 2.07. The quantitative estimate of drug-likeness (QED) is 0.758. The number of pyridine rings is 1. The average molecular weight is 292 g/mol. The van der Waals surface area contributed by atoms with Gasteiger partial charge in [0.25, 0.3) is 0 Å². The predicted octanol–water partition coefficient (Wildman–Crippen LogP) is 2.20. The van der Waals surface area contributed by atoms with Gasteiger partial charge in [0.2, 0.25) is 5.91 Å². The average Bonchev–Trinajstić information content (AvgIpc) is 2.46. The Morgan fingerprint density at radius 1 is 1.29 bits per heavy atom. The molecule has 0 aliphatic rings. The van der Waals surface area contributed by atoms with Crippen LogP contribution in [0.25, 0.3) is 0 Å². The number of hydrogen-bond acceptors (Lipinski definition) is 4. The molecule has 1 heterocycles. The van der Waals surface area contributed by atoms with Crippen LogP contribution in [0.5, 0.6) is 0 Å². The maximum Gasteiger partial charge on any atom is 0.236 e. The van der Waals surface area contributed by atoms with Gasteiger partial charge in [0.15, 0.2) is 0 Å². The molecule has 0 fully saturated rings. The van der Waals surface area contributed by atoms with Crippen molar-refractivity contribution in [3.05, 3.63) is 24.0 Å². The van der Waals surface area contributed by atoms with Crippen LogP contribution in [0.3, 0.4) is 0 Å². The highest BCUT2D eigenvalue weighted by molar-refractivity contribution is 5.78. The number of anilines is 1. The van der Waals surface area contributed by atoms with E-state index in [1.807, 2.05) is 49.0 Å². The van der Waals surface area contributed by atoms with Crippen LogP contribution in [0.1, 0.15) is 32.9 Å². The first-order chi connectivity index (χ1) is 10.1. The van der Waals surface area contributed by atoms with Crippen molar-refractivity contribution >= 4 is 11.6 Å². The summed E-state index contributed by atoms with van der Waals surface area (Å²) in [6, 6.07) is 4.02. The fourth-order valence-electron chi connectivity index (χ4n) is 2.18. The Balaban J connectivity index is 2.54. The lowest BCUT2D eigenvalue weighted by molar-refractivity contribution is -0.131. The molecule has 0 aromatic carbocycles. The first-order valence-electron chi connectivity index (χ1n) is 7.75. The molecule has 5 nitrogen and oxygen atoms in total. The molecule has 0 aliphatic heterocycles. The van der Waals surface area contributed by atoms with Gasteiger partial charge >= 0.3 is 0 Å². The van der Waals surface area contributed by atoms with Crippen LogP contribution in [0, 0.1) is 0 Å². The van der Waals surface area contributed by atoms with Gasteiger partial charge < -0.3 is 10.2 Å². The van der Waals surface area contributed by atoms with Gasteiger partial charge in [-0.15, -0.1) is 0 Å². The molecule has 21 heavy (non-hydrogen) atoms. The lowest BCUT2D eigenvalue weighted by atomic mass is 10.3. The molecule has 0 atom stereocenters. The number of likely N-dealkylation sites (N-methyl/N-ethyl adjacent to an activating group) is 2. The Bertz CT molecular complexity index is 432. The highest BCUT2D eigenvalue weighted by atomic mass is 16.2. The molecule has 0 spiro atoms. The van der Waals surface area contributed by atoms with Crippen LogP contribution in [0.2, 0.25) is 0 Å². The summed E-state index contributed by atoms with van der Waals surface area (Å²) in [7, 11) is 1.95. The number of aromatic nitrogens is 1. The van der Waals surface area contributed by atoms with E-state index in [4.69, 9.17) is 0 Å². The third kappa shape index (κ3) is 6.12. The molecule has 0 saturated heterocycles. The molecule has 1 amide bonds. The van der Waals surface area contributed by atoms with E-state index in [0.29, 0.717) is 13.1 Å². The summed E-state index contributed by atoms with van der Waals surface area (Å²) < 4.78 is 0. The minimum absolute atomic E-state index is 0.169. The van der Waals surface area contributed by atoms with Crippen molar-refractivity contribution in [2.45, 2.75) is 33.7 Å². The zero-order valence-corrected chi connectivity index (χ0v) is 13.7. The SMILES string of the molecule is CCCNc1ccnc(CN(C)CC(=O)N(CC)CC)c1. The van der Waals surface area contributed by atoms with Gasteiger partial charge in [0.05, 0.1) is 12.2 Å². The summed E-state index contributed by atoms with van der Waals surface area (Å²) in [4.78, 5) is 20.3. The number of nitrogens with one attached hydrogen (secondary N) is 1. The van der Waals surface area contributed by atoms with E-state index < -0.39 is 0 Å². The highest BCUT2D eigenvalue weighted by Crippen LogP contribution is 2.09. The molecular formula is C16H28N4O. The summed E-state index contributed by atoms with van der Waals surface area (Å²) in [5, 5.41) is 3.35. The number of hydrogen-bond donors (Lipinski definition) is 1. The second kappa shape index (κ2) is 9.34. The van der Waals surface area contributed by atoms with Gasteiger partial charge in [-0.3, -0.25) is 14.7 Å². The smallest absolute Gasteiger partial charge is 0.236 e. The second-order valence-corrected chi connectivity index (χ2v) is 5.20. The van der Waals surface area contributed by atoms with E-state index in [-0.39, 0.29) is 5.91 Å². The van der Waals surface area contributed by atoms with Crippen molar-refractivity contribution in [1.82, 2.24) is 14.8 Å². The highest BCUT2D eigenvalue weighted by Gasteiger charge is 2.12. The monoisotopic (exact) mass is 292 g/mol. The third-order valence-electron chi connectivity index (χ3n) is 3.35. The van der Waals surface area contributed by atoms with Crippen LogP contribution in [0.15, 0.2) is 18.3 Å². The van der Waals surface area contributed by atoms with Crippen LogP contribution < -0.4 is 5.32 Å². The van der Waals surface area contributed by atoms with Gasteiger partial charge in [0.1, 0.15) is 0 Å². The largest absolute Gasteiger partial charge is 0.385 e.